The van der Waals surface area contributed by atoms with Crippen molar-refractivity contribution in [3.05, 3.63) is 86.6 Å². The molecule has 0 spiro atoms. The second kappa shape index (κ2) is 11.4. The van der Waals surface area contributed by atoms with Crippen molar-refractivity contribution in [2.75, 3.05) is 16.0 Å². The van der Waals surface area contributed by atoms with Gasteiger partial charge < -0.3 is 11.1 Å². The van der Waals surface area contributed by atoms with Gasteiger partial charge in [-0.2, -0.15) is 5.26 Å². The van der Waals surface area contributed by atoms with Crippen LogP contribution in [0.25, 0.3) is 0 Å². The number of ketones is 1. The molecule has 3 N–H and O–H groups in total. The van der Waals surface area contributed by atoms with Crippen LogP contribution in [0.3, 0.4) is 0 Å². The number of benzene rings is 2. The number of nitrogens with one attached hydrogen (secondary N) is 1. The first-order valence-corrected chi connectivity index (χ1v) is 15.0. The van der Waals surface area contributed by atoms with Gasteiger partial charge in [0.1, 0.15) is 11.6 Å². The standard InChI is InChI=1S/C28H23Cl2FN6O2S2/c1-28(2)10-19-23(20(38)11-28)22(16-4-3-5-18(29)24(16)30)17(12-32)25(33)37(19)26-35-36-27(41-26)40-13-21(39)34-15-8-6-14(31)7-9-15/h3-9,22H,10-11,13,33H2,1-2H3,(H,34,39). The van der Waals surface area contributed by atoms with Crippen molar-refractivity contribution >= 4 is 68.8 Å². The van der Waals surface area contributed by atoms with Crippen LogP contribution >= 0.6 is 46.3 Å². The van der Waals surface area contributed by atoms with Crippen molar-refractivity contribution < 1.29 is 14.0 Å². The lowest BCUT2D eigenvalue weighted by Crippen LogP contribution is -2.42. The molecule has 0 saturated carbocycles. The minimum atomic E-state index is -0.780. The van der Waals surface area contributed by atoms with Gasteiger partial charge >= 0.3 is 0 Å². The van der Waals surface area contributed by atoms with Crippen LogP contribution < -0.4 is 16.0 Å². The summed E-state index contributed by atoms with van der Waals surface area (Å²) < 4.78 is 13.6. The maximum absolute atomic E-state index is 13.7. The molecule has 1 amide bonds. The summed E-state index contributed by atoms with van der Waals surface area (Å²) >= 11 is 15.2. The average Bonchev–Trinajstić information content (AvgIpc) is 3.37. The Morgan fingerprint density at radius 3 is 2.68 bits per heavy atom. The first-order chi connectivity index (χ1) is 19.5. The number of rotatable bonds is 6. The van der Waals surface area contributed by atoms with Gasteiger partial charge in [-0.05, 0) is 47.7 Å². The van der Waals surface area contributed by atoms with Crippen LogP contribution in [0.2, 0.25) is 10.0 Å². The Morgan fingerprint density at radius 1 is 1.24 bits per heavy atom. The molecule has 2 aromatic carbocycles. The Labute approximate surface area is 254 Å². The van der Waals surface area contributed by atoms with Crippen LogP contribution in [-0.2, 0) is 9.59 Å². The molecular formula is C28H23Cl2FN6O2S2. The molecule has 0 bridgehead atoms. The summed E-state index contributed by atoms with van der Waals surface area (Å²) in [7, 11) is 0. The molecule has 0 radical (unpaired) electrons. The lowest BCUT2D eigenvalue weighted by atomic mass is 9.68. The number of nitrogens with zero attached hydrogens (tertiary/aromatic N) is 4. The van der Waals surface area contributed by atoms with Gasteiger partial charge in [0.2, 0.25) is 11.0 Å². The van der Waals surface area contributed by atoms with Gasteiger partial charge in [-0.25, -0.2) is 4.39 Å². The largest absolute Gasteiger partial charge is 0.384 e. The van der Waals surface area contributed by atoms with E-state index in [0.29, 0.717) is 43.4 Å². The van der Waals surface area contributed by atoms with Gasteiger partial charge in [0.05, 0.1) is 33.4 Å². The number of hydrogen-bond donors (Lipinski definition) is 2. The van der Waals surface area contributed by atoms with Crippen molar-refractivity contribution in [2.24, 2.45) is 11.1 Å². The van der Waals surface area contributed by atoms with Gasteiger partial charge in [-0.15, -0.1) is 10.2 Å². The second-order valence-corrected chi connectivity index (χ2v) is 13.3. The highest BCUT2D eigenvalue weighted by molar-refractivity contribution is 8.01. The minimum absolute atomic E-state index is 0.0373. The predicted octanol–water partition coefficient (Wildman–Crippen LogP) is 6.66. The van der Waals surface area contributed by atoms with Crippen LogP contribution in [0.15, 0.2) is 69.5 Å². The van der Waals surface area contributed by atoms with Crippen molar-refractivity contribution in [3.8, 4) is 6.07 Å². The molecular weight excluding hydrogens is 606 g/mol. The van der Waals surface area contributed by atoms with E-state index < -0.39 is 11.7 Å². The Bertz CT molecular complexity index is 1660. The molecule has 1 atom stereocenters. The van der Waals surface area contributed by atoms with Gasteiger partial charge in [-0.1, -0.05) is 72.3 Å². The zero-order chi connectivity index (χ0) is 29.5. The number of thioether (sulfide) groups is 1. The summed E-state index contributed by atoms with van der Waals surface area (Å²) in [6.07, 6.45) is 0.775. The van der Waals surface area contributed by atoms with Crippen LogP contribution in [-0.4, -0.2) is 27.6 Å². The summed E-state index contributed by atoms with van der Waals surface area (Å²) in [5.74, 6) is -1.42. The summed E-state index contributed by atoms with van der Waals surface area (Å²) in [6.45, 7) is 3.99. The highest BCUT2D eigenvalue weighted by Crippen LogP contribution is 2.52. The number of hydrogen-bond acceptors (Lipinski definition) is 9. The number of carbonyl (C=O) groups excluding carboxylic acids is 2. The molecule has 1 aliphatic carbocycles. The first-order valence-electron chi connectivity index (χ1n) is 12.4. The fraction of sp³-hybridized carbons (Fsp3) is 0.250. The van der Waals surface area contributed by atoms with Gasteiger partial charge in [-0.3, -0.25) is 14.5 Å². The number of nitriles is 1. The number of Topliss-reactive ketones (excluding diaryl/α,β-unsaturated/α-hetero) is 1. The lowest BCUT2D eigenvalue weighted by molar-refractivity contribution is -0.118. The number of halogens is 3. The number of amides is 1. The summed E-state index contributed by atoms with van der Waals surface area (Å²) in [6, 6.07) is 12.8. The number of allylic oxidation sites excluding steroid dienone is 3. The molecule has 13 heteroatoms. The van der Waals surface area contributed by atoms with E-state index >= 15 is 0 Å². The quantitative estimate of drug-likeness (QED) is 0.290. The zero-order valence-electron chi connectivity index (χ0n) is 21.9. The zero-order valence-corrected chi connectivity index (χ0v) is 25.0. The molecule has 3 aromatic rings. The first kappa shape index (κ1) is 29.1. The van der Waals surface area contributed by atoms with Gasteiger partial charge in [0, 0.05) is 23.4 Å². The van der Waals surface area contributed by atoms with Crippen molar-refractivity contribution in [3.63, 3.8) is 0 Å². The summed E-state index contributed by atoms with van der Waals surface area (Å²) in [4.78, 5) is 27.7. The van der Waals surface area contributed by atoms with E-state index in [-0.39, 0.29) is 45.7 Å². The maximum atomic E-state index is 13.7. The van der Waals surface area contributed by atoms with Crippen molar-refractivity contribution in [2.45, 2.75) is 36.9 Å². The maximum Gasteiger partial charge on any atom is 0.234 e. The average molecular weight is 630 g/mol. The Kier molecular flexibility index (Phi) is 8.12. The monoisotopic (exact) mass is 628 g/mol. The molecule has 0 saturated heterocycles. The Hall–Kier alpha value is -3.43. The number of aromatic nitrogens is 2. The van der Waals surface area contributed by atoms with Crippen molar-refractivity contribution in [1.82, 2.24) is 10.2 Å². The predicted molar refractivity (Wildman–Crippen MR) is 159 cm³/mol. The SMILES string of the molecule is CC1(C)CC(=O)C2=C(C1)N(c1nnc(SCC(=O)Nc3ccc(F)cc3)s1)C(N)=C(C#N)C2c1cccc(Cl)c1Cl. The van der Waals surface area contributed by atoms with E-state index in [1.54, 1.807) is 23.1 Å². The number of anilines is 2. The Morgan fingerprint density at radius 2 is 1.98 bits per heavy atom. The van der Waals surface area contributed by atoms with E-state index in [2.05, 4.69) is 21.6 Å². The smallest absolute Gasteiger partial charge is 0.234 e. The van der Waals surface area contributed by atoms with E-state index in [0.717, 1.165) is 0 Å². The van der Waals surface area contributed by atoms with Crippen LogP contribution in [0.5, 0.6) is 0 Å². The van der Waals surface area contributed by atoms with Crippen LogP contribution in [0.4, 0.5) is 15.2 Å². The minimum Gasteiger partial charge on any atom is -0.384 e. The molecule has 1 unspecified atom stereocenters. The third kappa shape index (κ3) is 5.83. The molecule has 8 nitrogen and oxygen atoms in total. The molecule has 2 aliphatic rings. The molecule has 2 heterocycles. The highest BCUT2D eigenvalue weighted by Gasteiger charge is 2.46. The van der Waals surface area contributed by atoms with E-state index in [1.165, 1.54) is 47.4 Å². The Balaban J connectivity index is 1.48. The molecule has 1 aliphatic heterocycles. The second-order valence-electron chi connectivity index (χ2n) is 10.3. The fourth-order valence-electron chi connectivity index (χ4n) is 4.99. The fourth-order valence-corrected chi connectivity index (χ4v) is 7.09. The van der Waals surface area contributed by atoms with Gasteiger partial charge in [0.15, 0.2) is 10.1 Å². The number of nitrogens with two attached hydrogens (primary N) is 1. The molecule has 1 aromatic heterocycles. The van der Waals surface area contributed by atoms with Gasteiger partial charge in [0.25, 0.3) is 0 Å². The normalized spacial score (nSPS) is 18.3. The molecule has 210 valence electrons. The topological polar surface area (TPSA) is 125 Å². The van der Waals surface area contributed by atoms with Crippen LogP contribution in [0, 0.1) is 22.6 Å². The molecule has 0 fully saturated rings. The van der Waals surface area contributed by atoms with E-state index in [9.17, 15) is 19.2 Å². The number of carbonyl (C=O) groups is 2. The lowest BCUT2D eigenvalue weighted by Gasteiger charge is -2.42. The highest BCUT2D eigenvalue weighted by atomic mass is 35.5. The van der Waals surface area contributed by atoms with E-state index in [4.69, 9.17) is 28.9 Å². The summed E-state index contributed by atoms with van der Waals surface area (Å²) in [5, 5.41) is 22.4. The van der Waals surface area contributed by atoms with Crippen molar-refractivity contribution in [1.29, 1.82) is 5.26 Å². The van der Waals surface area contributed by atoms with E-state index in [1.807, 2.05) is 13.8 Å². The third-order valence-electron chi connectivity index (χ3n) is 6.72. The van der Waals surface area contributed by atoms with Crippen LogP contribution in [0.1, 0.15) is 38.2 Å². The molecule has 5 rings (SSSR count). The third-order valence-corrected chi connectivity index (χ3v) is 9.59. The molecule has 41 heavy (non-hydrogen) atoms. The summed E-state index contributed by atoms with van der Waals surface area (Å²) in [5.41, 5.74) is 8.50.